The molecule has 1 aliphatic carbocycles. The lowest BCUT2D eigenvalue weighted by molar-refractivity contribution is -0.146. The second-order valence-corrected chi connectivity index (χ2v) is 7.18. The number of rotatable bonds is 3. The highest BCUT2D eigenvalue weighted by molar-refractivity contribution is 5.51. The zero-order chi connectivity index (χ0) is 19.5. The molecule has 0 unspecified atom stereocenters. The standard InChI is InChI=1S/C17H17F3N8/c1-26(14-6-5-13-22-24-16(17(18,19)20)28(13)25-14)11-8-27(9-11)15-7-10-3-2-4-12(10)21-23-15/h5-7,11H,2-4,8-9H2,1H3. The van der Waals surface area contributed by atoms with E-state index in [2.05, 4.69) is 36.5 Å². The maximum absolute atomic E-state index is 13.1. The van der Waals surface area contributed by atoms with Crippen molar-refractivity contribution in [2.75, 3.05) is 29.9 Å². The van der Waals surface area contributed by atoms with Crippen LogP contribution in [0.5, 0.6) is 0 Å². The van der Waals surface area contributed by atoms with Crippen LogP contribution < -0.4 is 9.80 Å². The van der Waals surface area contributed by atoms with E-state index in [1.54, 1.807) is 6.07 Å². The molecule has 0 spiro atoms. The molecule has 4 heterocycles. The molecule has 5 rings (SSSR count). The van der Waals surface area contributed by atoms with Gasteiger partial charge >= 0.3 is 6.18 Å². The molecule has 1 saturated heterocycles. The minimum Gasteiger partial charge on any atom is -0.352 e. The molecule has 0 N–H and O–H groups in total. The molecular formula is C17H17F3N8. The van der Waals surface area contributed by atoms with E-state index in [1.807, 2.05) is 11.9 Å². The van der Waals surface area contributed by atoms with Gasteiger partial charge in [-0.3, -0.25) is 0 Å². The Morgan fingerprint density at radius 3 is 2.68 bits per heavy atom. The molecule has 11 heteroatoms. The summed E-state index contributed by atoms with van der Waals surface area (Å²) in [4.78, 5) is 3.99. The summed E-state index contributed by atoms with van der Waals surface area (Å²) >= 11 is 0. The molecule has 0 saturated carbocycles. The minimum absolute atomic E-state index is 0.0631. The van der Waals surface area contributed by atoms with Gasteiger partial charge < -0.3 is 9.80 Å². The lowest BCUT2D eigenvalue weighted by Gasteiger charge is -2.44. The van der Waals surface area contributed by atoms with Gasteiger partial charge in [0.2, 0.25) is 0 Å². The van der Waals surface area contributed by atoms with E-state index in [0.717, 1.165) is 35.3 Å². The van der Waals surface area contributed by atoms with Crippen molar-refractivity contribution in [1.29, 1.82) is 0 Å². The first kappa shape index (κ1) is 17.1. The van der Waals surface area contributed by atoms with Gasteiger partial charge in [-0.1, -0.05) is 0 Å². The normalized spacial score (nSPS) is 17.1. The van der Waals surface area contributed by atoms with Crippen LogP contribution in [-0.2, 0) is 19.0 Å². The third kappa shape index (κ3) is 2.72. The van der Waals surface area contributed by atoms with Crippen molar-refractivity contribution in [3.8, 4) is 0 Å². The zero-order valence-electron chi connectivity index (χ0n) is 15.1. The SMILES string of the molecule is CN(c1ccc2nnc(C(F)(F)F)n2n1)C1CN(c2cc3c(nn2)CCC3)C1. The summed E-state index contributed by atoms with van der Waals surface area (Å²) < 4.78 is 39.9. The minimum atomic E-state index is -4.61. The van der Waals surface area contributed by atoms with Crippen LogP contribution in [0.15, 0.2) is 18.2 Å². The Morgan fingerprint density at radius 1 is 1.07 bits per heavy atom. The number of aromatic nitrogens is 6. The van der Waals surface area contributed by atoms with E-state index in [0.29, 0.717) is 18.9 Å². The summed E-state index contributed by atoms with van der Waals surface area (Å²) in [5.74, 6) is 0.163. The fourth-order valence-corrected chi connectivity index (χ4v) is 3.69. The quantitative estimate of drug-likeness (QED) is 0.674. The fourth-order valence-electron chi connectivity index (χ4n) is 3.69. The Bertz CT molecular complexity index is 1040. The highest BCUT2D eigenvalue weighted by Crippen LogP contribution is 2.30. The molecule has 3 aromatic heterocycles. The van der Waals surface area contributed by atoms with Crippen LogP contribution in [0.4, 0.5) is 24.8 Å². The number of likely N-dealkylation sites (N-methyl/N-ethyl adjacent to an activating group) is 1. The number of hydrogen-bond donors (Lipinski definition) is 0. The monoisotopic (exact) mass is 390 g/mol. The van der Waals surface area contributed by atoms with Crippen molar-refractivity contribution < 1.29 is 13.2 Å². The molecular weight excluding hydrogens is 373 g/mol. The largest absolute Gasteiger partial charge is 0.453 e. The number of aryl methyl sites for hydroxylation is 2. The number of hydrogen-bond acceptors (Lipinski definition) is 7. The fraction of sp³-hybridized carbons (Fsp3) is 0.471. The van der Waals surface area contributed by atoms with E-state index in [-0.39, 0.29) is 11.7 Å². The van der Waals surface area contributed by atoms with Crippen LogP contribution in [0.3, 0.4) is 0 Å². The molecule has 0 amide bonds. The Hall–Kier alpha value is -2.98. The molecule has 0 radical (unpaired) electrons. The van der Waals surface area contributed by atoms with Crippen LogP contribution in [0.25, 0.3) is 5.65 Å². The van der Waals surface area contributed by atoms with Crippen molar-refractivity contribution in [3.63, 3.8) is 0 Å². The highest BCUT2D eigenvalue weighted by atomic mass is 19.4. The second kappa shape index (κ2) is 6.01. The van der Waals surface area contributed by atoms with Gasteiger partial charge in [-0.15, -0.1) is 20.4 Å². The lowest BCUT2D eigenvalue weighted by Crippen LogP contribution is -2.59. The first-order valence-electron chi connectivity index (χ1n) is 9.03. The van der Waals surface area contributed by atoms with Crippen molar-refractivity contribution in [3.05, 3.63) is 35.3 Å². The molecule has 146 valence electrons. The number of nitrogens with zero attached hydrogens (tertiary/aromatic N) is 8. The predicted octanol–water partition coefficient (Wildman–Crippen LogP) is 1.75. The van der Waals surface area contributed by atoms with Gasteiger partial charge in [-0.2, -0.15) is 22.8 Å². The lowest BCUT2D eigenvalue weighted by atomic mass is 10.1. The first-order valence-corrected chi connectivity index (χ1v) is 9.03. The summed E-state index contributed by atoms with van der Waals surface area (Å²) in [5.41, 5.74) is 2.42. The Morgan fingerprint density at radius 2 is 1.89 bits per heavy atom. The molecule has 8 nitrogen and oxygen atoms in total. The molecule has 3 aromatic rings. The third-order valence-corrected chi connectivity index (χ3v) is 5.40. The number of alkyl halides is 3. The summed E-state index contributed by atoms with van der Waals surface area (Å²) in [6.45, 7) is 1.41. The highest BCUT2D eigenvalue weighted by Gasteiger charge is 2.38. The smallest absolute Gasteiger partial charge is 0.352 e. The van der Waals surface area contributed by atoms with Crippen molar-refractivity contribution in [2.45, 2.75) is 31.5 Å². The zero-order valence-corrected chi connectivity index (χ0v) is 15.1. The maximum Gasteiger partial charge on any atom is 0.453 e. The van der Waals surface area contributed by atoms with Gasteiger partial charge in [0.05, 0.1) is 11.7 Å². The Kier molecular flexibility index (Phi) is 3.68. The van der Waals surface area contributed by atoms with Crippen LogP contribution in [0.1, 0.15) is 23.5 Å². The predicted molar refractivity (Wildman–Crippen MR) is 94.2 cm³/mol. The molecule has 2 aliphatic rings. The molecule has 1 fully saturated rings. The molecule has 0 aromatic carbocycles. The average molecular weight is 390 g/mol. The average Bonchev–Trinajstić information content (AvgIpc) is 3.25. The van der Waals surface area contributed by atoms with Crippen molar-refractivity contribution in [1.82, 2.24) is 30.0 Å². The maximum atomic E-state index is 13.1. The number of halogens is 3. The van der Waals surface area contributed by atoms with Crippen LogP contribution in [0.2, 0.25) is 0 Å². The summed E-state index contributed by atoms with van der Waals surface area (Å²) in [5, 5.41) is 19.5. The number of fused-ring (bicyclic) bond motifs is 2. The van der Waals surface area contributed by atoms with E-state index in [9.17, 15) is 13.2 Å². The van der Waals surface area contributed by atoms with Crippen LogP contribution in [-0.4, -0.2) is 56.2 Å². The van der Waals surface area contributed by atoms with Crippen molar-refractivity contribution in [2.24, 2.45) is 0 Å². The summed E-state index contributed by atoms with van der Waals surface area (Å²) in [7, 11) is 1.82. The van der Waals surface area contributed by atoms with Crippen LogP contribution in [0, 0.1) is 0 Å². The van der Waals surface area contributed by atoms with E-state index < -0.39 is 12.0 Å². The van der Waals surface area contributed by atoms with Gasteiger partial charge in [-0.05, 0) is 43.0 Å². The van der Waals surface area contributed by atoms with Crippen LogP contribution >= 0.6 is 0 Å². The van der Waals surface area contributed by atoms with E-state index in [1.165, 1.54) is 11.6 Å². The molecule has 0 atom stereocenters. The Labute approximate surface area is 158 Å². The molecule has 0 bridgehead atoms. The van der Waals surface area contributed by atoms with Gasteiger partial charge in [0.25, 0.3) is 5.82 Å². The van der Waals surface area contributed by atoms with Gasteiger partial charge in [0, 0.05) is 20.1 Å². The molecule has 1 aliphatic heterocycles. The Balaban J connectivity index is 1.33. The van der Waals surface area contributed by atoms with Gasteiger partial charge in [0.1, 0.15) is 5.82 Å². The number of anilines is 2. The second-order valence-electron chi connectivity index (χ2n) is 7.18. The molecule has 28 heavy (non-hydrogen) atoms. The van der Waals surface area contributed by atoms with Crippen molar-refractivity contribution >= 4 is 17.3 Å². The topological polar surface area (TPSA) is 75.3 Å². The van der Waals surface area contributed by atoms with E-state index >= 15 is 0 Å². The third-order valence-electron chi connectivity index (χ3n) is 5.40. The summed E-state index contributed by atoms with van der Waals surface area (Å²) in [6, 6.07) is 5.36. The first-order chi connectivity index (χ1) is 13.4. The summed E-state index contributed by atoms with van der Waals surface area (Å²) in [6.07, 6.45) is -1.45. The van der Waals surface area contributed by atoms with Gasteiger partial charge in [0.15, 0.2) is 11.5 Å². The van der Waals surface area contributed by atoms with Gasteiger partial charge in [-0.25, -0.2) is 0 Å². The van der Waals surface area contributed by atoms with E-state index in [4.69, 9.17) is 0 Å².